The largest absolute Gasteiger partial charge is 0.485 e. The van der Waals surface area contributed by atoms with Crippen molar-refractivity contribution in [3.05, 3.63) is 17.7 Å². The van der Waals surface area contributed by atoms with E-state index in [4.69, 9.17) is 10.5 Å². The first-order valence-electron chi connectivity index (χ1n) is 5.19. The molecule has 6 heteroatoms. The van der Waals surface area contributed by atoms with Gasteiger partial charge in [0.15, 0.2) is 0 Å². The molecule has 0 bridgehead atoms. The van der Waals surface area contributed by atoms with E-state index in [-0.39, 0.29) is 17.3 Å². The molecule has 1 aromatic rings. The highest BCUT2D eigenvalue weighted by Crippen LogP contribution is 2.32. The van der Waals surface area contributed by atoms with Crippen molar-refractivity contribution in [3.63, 3.8) is 0 Å². The number of nitrogens with one attached hydrogen (secondary N) is 1. The number of hydrogen-bond donors (Lipinski definition) is 2. The number of ether oxygens (including phenoxy) is 1. The fraction of sp³-hybridized carbons (Fsp3) is 0.364. The molecule has 92 valence electrons. The number of halogens is 2. The predicted molar refractivity (Wildman–Crippen MR) is 59.3 cm³/mol. The van der Waals surface area contributed by atoms with Crippen LogP contribution in [0.3, 0.4) is 0 Å². The first kappa shape index (κ1) is 11.6. The van der Waals surface area contributed by atoms with Crippen LogP contribution in [0.1, 0.15) is 12.0 Å². The van der Waals surface area contributed by atoms with Crippen molar-refractivity contribution in [2.75, 3.05) is 17.7 Å². The molecule has 0 radical (unpaired) electrons. The number of fused-ring (bicyclic) bond motifs is 1. The predicted octanol–water partition coefficient (Wildman–Crippen LogP) is 1.80. The summed E-state index contributed by atoms with van der Waals surface area (Å²) in [7, 11) is 0. The Hall–Kier alpha value is -1.85. The van der Waals surface area contributed by atoms with Gasteiger partial charge < -0.3 is 15.8 Å². The molecule has 1 aliphatic rings. The van der Waals surface area contributed by atoms with Crippen molar-refractivity contribution < 1.29 is 18.3 Å². The number of nitrogens with two attached hydrogens (primary N) is 1. The first-order valence-corrected chi connectivity index (χ1v) is 5.19. The van der Waals surface area contributed by atoms with Gasteiger partial charge >= 0.3 is 0 Å². The normalized spacial score (nSPS) is 14.4. The lowest BCUT2D eigenvalue weighted by Gasteiger charge is -2.19. The lowest BCUT2D eigenvalue weighted by Crippen LogP contribution is -2.19. The van der Waals surface area contributed by atoms with Gasteiger partial charge in [0, 0.05) is 12.1 Å². The van der Waals surface area contributed by atoms with Gasteiger partial charge in [0.2, 0.25) is 5.91 Å². The second kappa shape index (κ2) is 4.57. The van der Waals surface area contributed by atoms with Gasteiger partial charge in [-0.15, -0.1) is 0 Å². The maximum atomic E-state index is 12.0. The Morgan fingerprint density at radius 3 is 2.88 bits per heavy atom. The number of amides is 1. The van der Waals surface area contributed by atoms with Crippen LogP contribution in [-0.4, -0.2) is 18.9 Å². The molecule has 0 spiro atoms. The fourth-order valence-electron chi connectivity index (χ4n) is 1.70. The number of rotatable bonds is 3. The molecule has 3 N–H and O–H groups in total. The summed E-state index contributed by atoms with van der Waals surface area (Å²) in [5.74, 6) is 0.165. The molecule has 0 saturated carbocycles. The molecule has 0 unspecified atom stereocenters. The second-order valence-corrected chi connectivity index (χ2v) is 3.80. The molecule has 0 aromatic heterocycles. The molecule has 0 atom stereocenters. The number of hydrogen-bond acceptors (Lipinski definition) is 3. The number of benzene rings is 1. The molecule has 0 aliphatic carbocycles. The number of carbonyl (C=O) groups is 1. The fourth-order valence-corrected chi connectivity index (χ4v) is 1.70. The second-order valence-electron chi connectivity index (χ2n) is 3.80. The minimum Gasteiger partial charge on any atom is -0.485 e. The van der Waals surface area contributed by atoms with E-state index < -0.39 is 13.0 Å². The maximum Gasteiger partial charge on any atom is 0.272 e. The van der Waals surface area contributed by atoms with Gasteiger partial charge in [-0.2, -0.15) is 0 Å². The quantitative estimate of drug-likeness (QED) is 0.794. The van der Waals surface area contributed by atoms with E-state index >= 15 is 0 Å². The van der Waals surface area contributed by atoms with Crippen LogP contribution in [0.25, 0.3) is 0 Å². The Morgan fingerprint density at radius 1 is 1.41 bits per heavy atom. The first-order chi connectivity index (χ1) is 8.06. The molecule has 0 fully saturated rings. The van der Waals surface area contributed by atoms with Crippen molar-refractivity contribution in [2.24, 2.45) is 0 Å². The van der Waals surface area contributed by atoms with E-state index in [0.717, 1.165) is 5.56 Å². The third-order valence-electron chi connectivity index (χ3n) is 2.50. The zero-order valence-electron chi connectivity index (χ0n) is 9.00. The molecule has 1 aromatic carbocycles. The van der Waals surface area contributed by atoms with E-state index in [0.29, 0.717) is 18.5 Å². The average Bonchev–Trinajstić information content (AvgIpc) is 2.26. The third kappa shape index (κ3) is 2.64. The standard InChI is InChI=1S/C11H12F2N2O2/c12-10(13)5-17-9-3-6-1-2-11(16)15-8(6)4-7(9)14/h3-4,10H,1-2,5,14H2,(H,15,16). The van der Waals surface area contributed by atoms with Gasteiger partial charge in [-0.1, -0.05) is 0 Å². The summed E-state index contributed by atoms with van der Waals surface area (Å²) in [6.07, 6.45) is -1.59. The van der Waals surface area contributed by atoms with E-state index in [1.165, 1.54) is 6.07 Å². The van der Waals surface area contributed by atoms with Crippen molar-refractivity contribution in [2.45, 2.75) is 19.3 Å². The van der Waals surface area contributed by atoms with Gasteiger partial charge in [0.05, 0.1) is 5.69 Å². The summed E-state index contributed by atoms with van der Waals surface area (Å²) in [5.41, 5.74) is 7.38. The van der Waals surface area contributed by atoms with Crippen molar-refractivity contribution >= 4 is 17.3 Å². The van der Waals surface area contributed by atoms with Gasteiger partial charge in [0.25, 0.3) is 6.43 Å². The van der Waals surface area contributed by atoms with Crippen LogP contribution in [0.4, 0.5) is 20.2 Å². The summed E-state index contributed by atoms with van der Waals surface area (Å²) in [5, 5.41) is 2.67. The molecule has 1 aliphatic heterocycles. The maximum absolute atomic E-state index is 12.0. The van der Waals surface area contributed by atoms with E-state index in [2.05, 4.69) is 5.32 Å². The molecular formula is C11H12F2N2O2. The highest BCUT2D eigenvalue weighted by molar-refractivity contribution is 5.94. The number of nitrogen functional groups attached to an aromatic ring is 1. The SMILES string of the molecule is Nc1cc2c(cc1OCC(F)F)CCC(=O)N2. The monoisotopic (exact) mass is 242 g/mol. The summed E-state index contributed by atoms with van der Waals surface area (Å²) < 4.78 is 28.9. The molecule has 4 nitrogen and oxygen atoms in total. The van der Waals surface area contributed by atoms with E-state index in [9.17, 15) is 13.6 Å². The number of carbonyl (C=O) groups excluding carboxylic acids is 1. The van der Waals surface area contributed by atoms with E-state index in [1.54, 1.807) is 6.07 Å². The Bertz CT molecular complexity index is 449. The van der Waals surface area contributed by atoms with Crippen LogP contribution in [0, 0.1) is 0 Å². The minimum absolute atomic E-state index is 0.0712. The van der Waals surface area contributed by atoms with Crippen LogP contribution in [0.2, 0.25) is 0 Å². The highest BCUT2D eigenvalue weighted by atomic mass is 19.3. The molecule has 2 rings (SSSR count). The summed E-state index contributed by atoms with van der Waals surface area (Å²) in [6, 6.07) is 3.14. The molecule has 1 amide bonds. The lowest BCUT2D eigenvalue weighted by molar-refractivity contribution is -0.116. The van der Waals surface area contributed by atoms with Gasteiger partial charge in [0.1, 0.15) is 12.4 Å². The number of anilines is 2. The molecule has 1 heterocycles. The van der Waals surface area contributed by atoms with Crippen LogP contribution in [0.5, 0.6) is 5.75 Å². The van der Waals surface area contributed by atoms with Crippen molar-refractivity contribution in [1.82, 2.24) is 0 Å². The van der Waals surface area contributed by atoms with Crippen molar-refractivity contribution in [1.29, 1.82) is 0 Å². The summed E-state index contributed by atoms with van der Waals surface area (Å²) in [6.45, 7) is -0.685. The molecule has 17 heavy (non-hydrogen) atoms. The van der Waals surface area contributed by atoms with Crippen LogP contribution in [-0.2, 0) is 11.2 Å². The lowest BCUT2D eigenvalue weighted by atomic mass is 10.0. The Kier molecular flexibility index (Phi) is 3.12. The molecule has 0 saturated heterocycles. The zero-order chi connectivity index (χ0) is 12.4. The Labute approximate surface area is 96.7 Å². The van der Waals surface area contributed by atoms with Gasteiger partial charge in [-0.05, 0) is 24.1 Å². The van der Waals surface area contributed by atoms with E-state index in [1.807, 2.05) is 0 Å². The zero-order valence-corrected chi connectivity index (χ0v) is 9.00. The van der Waals surface area contributed by atoms with Crippen LogP contribution >= 0.6 is 0 Å². The van der Waals surface area contributed by atoms with Gasteiger partial charge in [-0.25, -0.2) is 8.78 Å². The highest BCUT2D eigenvalue weighted by Gasteiger charge is 2.17. The topological polar surface area (TPSA) is 64.3 Å². The number of alkyl halides is 2. The Balaban J connectivity index is 2.22. The Morgan fingerprint density at radius 2 is 2.18 bits per heavy atom. The van der Waals surface area contributed by atoms with Crippen LogP contribution < -0.4 is 15.8 Å². The summed E-state index contributed by atoms with van der Waals surface area (Å²) >= 11 is 0. The minimum atomic E-state index is -2.54. The number of aryl methyl sites for hydroxylation is 1. The summed E-state index contributed by atoms with van der Waals surface area (Å²) in [4.78, 5) is 11.2. The third-order valence-corrected chi connectivity index (χ3v) is 2.50. The average molecular weight is 242 g/mol. The van der Waals surface area contributed by atoms with Crippen LogP contribution in [0.15, 0.2) is 12.1 Å². The molecular weight excluding hydrogens is 230 g/mol. The van der Waals surface area contributed by atoms with Crippen molar-refractivity contribution in [3.8, 4) is 5.75 Å². The van der Waals surface area contributed by atoms with Gasteiger partial charge in [-0.3, -0.25) is 4.79 Å². The smallest absolute Gasteiger partial charge is 0.272 e.